The molecule has 2 aromatic rings. The fourth-order valence-electron chi connectivity index (χ4n) is 1.36. The first-order valence-corrected chi connectivity index (χ1v) is 5.18. The first kappa shape index (κ1) is 10.8. The lowest BCUT2D eigenvalue weighted by atomic mass is 10.2. The van der Waals surface area contributed by atoms with Gasteiger partial charge in [0.25, 0.3) is 0 Å². The number of rotatable bonds is 3. The summed E-state index contributed by atoms with van der Waals surface area (Å²) in [6.45, 7) is 0. The van der Waals surface area contributed by atoms with Crippen molar-refractivity contribution in [1.29, 1.82) is 0 Å². The Morgan fingerprint density at radius 2 is 2.19 bits per heavy atom. The number of methoxy groups -OCH3 is 1. The quantitative estimate of drug-likeness (QED) is 0.883. The standard InChI is InChI=1S/C12H11ClN2O/c1-16-12-7-9(13)4-5-11(12)15-10-3-2-6-14-8-10/h2-8,15H,1H3. The number of ether oxygens (including phenoxy) is 1. The van der Waals surface area contributed by atoms with E-state index in [4.69, 9.17) is 16.3 Å². The molecule has 16 heavy (non-hydrogen) atoms. The monoisotopic (exact) mass is 234 g/mol. The number of nitrogens with zero attached hydrogens (tertiary/aromatic N) is 1. The molecule has 0 unspecified atom stereocenters. The van der Waals surface area contributed by atoms with E-state index in [0.29, 0.717) is 10.8 Å². The number of nitrogens with one attached hydrogen (secondary N) is 1. The van der Waals surface area contributed by atoms with Crippen molar-refractivity contribution in [1.82, 2.24) is 4.98 Å². The fourth-order valence-corrected chi connectivity index (χ4v) is 1.52. The van der Waals surface area contributed by atoms with Crippen molar-refractivity contribution < 1.29 is 4.74 Å². The first-order valence-electron chi connectivity index (χ1n) is 4.80. The second kappa shape index (κ2) is 4.86. The molecule has 0 fully saturated rings. The third-order valence-electron chi connectivity index (χ3n) is 2.10. The largest absolute Gasteiger partial charge is 0.495 e. The molecule has 0 amide bonds. The molecule has 0 spiro atoms. The smallest absolute Gasteiger partial charge is 0.143 e. The third kappa shape index (κ3) is 2.44. The summed E-state index contributed by atoms with van der Waals surface area (Å²) in [5, 5.41) is 3.85. The Bertz CT molecular complexity index is 474. The molecule has 0 aliphatic rings. The highest BCUT2D eigenvalue weighted by molar-refractivity contribution is 6.30. The van der Waals surface area contributed by atoms with Gasteiger partial charge in [0.05, 0.1) is 24.7 Å². The summed E-state index contributed by atoms with van der Waals surface area (Å²) < 4.78 is 5.23. The molecular weight excluding hydrogens is 224 g/mol. The molecule has 1 N–H and O–H groups in total. The molecule has 0 saturated carbocycles. The topological polar surface area (TPSA) is 34.1 Å². The van der Waals surface area contributed by atoms with E-state index < -0.39 is 0 Å². The van der Waals surface area contributed by atoms with Gasteiger partial charge in [-0.3, -0.25) is 4.98 Å². The van der Waals surface area contributed by atoms with Crippen LogP contribution >= 0.6 is 11.6 Å². The third-order valence-corrected chi connectivity index (χ3v) is 2.34. The van der Waals surface area contributed by atoms with Crippen LogP contribution in [0.5, 0.6) is 5.75 Å². The molecule has 1 aromatic heterocycles. The van der Waals surface area contributed by atoms with Crippen LogP contribution in [0.15, 0.2) is 42.7 Å². The van der Waals surface area contributed by atoms with E-state index in [0.717, 1.165) is 11.4 Å². The van der Waals surface area contributed by atoms with E-state index in [1.165, 1.54) is 0 Å². The number of halogens is 1. The summed E-state index contributed by atoms with van der Waals surface area (Å²) in [6.07, 6.45) is 3.47. The van der Waals surface area contributed by atoms with Gasteiger partial charge >= 0.3 is 0 Å². The summed E-state index contributed by atoms with van der Waals surface area (Å²) in [4.78, 5) is 4.02. The highest BCUT2D eigenvalue weighted by Gasteiger charge is 2.03. The molecule has 0 aliphatic carbocycles. The van der Waals surface area contributed by atoms with Gasteiger partial charge in [0.15, 0.2) is 0 Å². The lowest BCUT2D eigenvalue weighted by Gasteiger charge is -2.10. The Kier molecular flexibility index (Phi) is 3.27. The van der Waals surface area contributed by atoms with Gasteiger partial charge in [-0.25, -0.2) is 0 Å². The van der Waals surface area contributed by atoms with E-state index in [1.807, 2.05) is 24.3 Å². The van der Waals surface area contributed by atoms with Crippen LogP contribution in [0.1, 0.15) is 0 Å². The van der Waals surface area contributed by atoms with Gasteiger partial charge in [-0.05, 0) is 24.3 Å². The minimum atomic E-state index is 0.647. The maximum absolute atomic E-state index is 5.88. The van der Waals surface area contributed by atoms with E-state index in [1.54, 1.807) is 25.6 Å². The van der Waals surface area contributed by atoms with Crippen LogP contribution in [-0.4, -0.2) is 12.1 Å². The molecule has 82 valence electrons. The van der Waals surface area contributed by atoms with Crippen LogP contribution in [0.4, 0.5) is 11.4 Å². The summed E-state index contributed by atoms with van der Waals surface area (Å²) in [7, 11) is 1.61. The van der Waals surface area contributed by atoms with E-state index >= 15 is 0 Å². The summed E-state index contributed by atoms with van der Waals surface area (Å²) >= 11 is 5.88. The van der Waals surface area contributed by atoms with Crippen molar-refractivity contribution in [3.63, 3.8) is 0 Å². The predicted octanol–water partition coefficient (Wildman–Crippen LogP) is 3.49. The summed E-state index contributed by atoms with van der Waals surface area (Å²) in [5.41, 5.74) is 1.77. The van der Waals surface area contributed by atoms with Crippen LogP contribution in [0.25, 0.3) is 0 Å². The van der Waals surface area contributed by atoms with Gasteiger partial charge in [0.2, 0.25) is 0 Å². The van der Waals surface area contributed by atoms with E-state index in [9.17, 15) is 0 Å². The Morgan fingerprint density at radius 1 is 1.31 bits per heavy atom. The first-order chi connectivity index (χ1) is 7.79. The maximum Gasteiger partial charge on any atom is 0.143 e. The lowest BCUT2D eigenvalue weighted by molar-refractivity contribution is 0.417. The van der Waals surface area contributed by atoms with E-state index in [-0.39, 0.29) is 0 Å². The average Bonchev–Trinajstić information content (AvgIpc) is 2.33. The number of pyridine rings is 1. The molecule has 0 saturated heterocycles. The van der Waals surface area contributed by atoms with Crippen molar-refractivity contribution in [3.8, 4) is 5.75 Å². The minimum Gasteiger partial charge on any atom is -0.495 e. The number of hydrogen-bond donors (Lipinski definition) is 1. The molecule has 0 bridgehead atoms. The Morgan fingerprint density at radius 3 is 2.88 bits per heavy atom. The molecular formula is C12H11ClN2O. The van der Waals surface area contributed by atoms with Crippen LogP contribution in [-0.2, 0) is 0 Å². The van der Waals surface area contributed by atoms with Crippen molar-refractivity contribution in [2.24, 2.45) is 0 Å². The second-order valence-electron chi connectivity index (χ2n) is 3.21. The molecule has 3 nitrogen and oxygen atoms in total. The number of aromatic nitrogens is 1. The van der Waals surface area contributed by atoms with Gasteiger partial charge in [-0.1, -0.05) is 11.6 Å². The summed E-state index contributed by atoms with van der Waals surface area (Å²) in [5.74, 6) is 0.705. The zero-order valence-electron chi connectivity index (χ0n) is 8.77. The molecule has 0 aliphatic heterocycles. The number of hydrogen-bond acceptors (Lipinski definition) is 3. The van der Waals surface area contributed by atoms with Gasteiger partial charge in [0.1, 0.15) is 5.75 Å². The van der Waals surface area contributed by atoms with Crippen molar-refractivity contribution in [2.75, 3.05) is 12.4 Å². The minimum absolute atomic E-state index is 0.647. The molecule has 0 atom stereocenters. The number of anilines is 2. The van der Waals surface area contributed by atoms with Gasteiger partial charge in [0, 0.05) is 17.3 Å². The van der Waals surface area contributed by atoms with Crippen LogP contribution in [0.2, 0.25) is 5.02 Å². The lowest BCUT2D eigenvalue weighted by Crippen LogP contribution is -1.94. The van der Waals surface area contributed by atoms with Gasteiger partial charge in [-0.15, -0.1) is 0 Å². The zero-order valence-corrected chi connectivity index (χ0v) is 9.53. The van der Waals surface area contributed by atoms with Crippen molar-refractivity contribution in [2.45, 2.75) is 0 Å². The van der Waals surface area contributed by atoms with Crippen LogP contribution < -0.4 is 10.1 Å². The van der Waals surface area contributed by atoms with Gasteiger partial charge in [-0.2, -0.15) is 0 Å². The molecule has 1 heterocycles. The Hall–Kier alpha value is -1.74. The highest BCUT2D eigenvalue weighted by atomic mass is 35.5. The normalized spacial score (nSPS) is 9.88. The molecule has 0 radical (unpaired) electrons. The van der Waals surface area contributed by atoms with Crippen LogP contribution in [0.3, 0.4) is 0 Å². The van der Waals surface area contributed by atoms with Crippen LogP contribution in [0, 0.1) is 0 Å². The predicted molar refractivity (Wildman–Crippen MR) is 65.5 cm³/mol. The zero-order chi connectivity index (χ0) is 11.4. The second-order valence-corrected chi connectivity index (χ2v) is 3.65. The fraction of sp³-hybridized carbons (Fsp3) is 0.0833. The maximum atomic E-state index is 5.88. The van der Waals surface area contributed by atoms with Crippen molar-refractivity contribution in [3.05, 3.63) is 47.7 Å². The molecule has 4 heteroatoms. The Balaban J connectivity index is 2.28. The molecule has 2 rings (SSSR count). The van der Waals surface area contributed by atoms with E-state index in [2.05, 4.69) is 10.3 Å². The van der Waals surface area contributed by atoms with Gasteiger partial charge < -0.3 is 10.1 Å². The SMILES string of the molecule is COc1cc(Cl)ccc1Nc1cccnc1. The Labute approximate surface area is 99.0 Å². The van der Waals surface area contributed by atoms with Crippen molar-refractivity contribution >= 4 is 23.0 Å². The summed E-state index contributed by atoms with van der Waals surface area (Å²) in [6, 6.07) is 9.24. The highest BCUT2D eigenvalue weighted by Crippen LogP contribution is 2.29. The average molecular weight is 235 g/mol. The number of benzene rings is 1. The molecule has 1 aromatic carbocycles.